The molecule has 1 atom stereocenters. The minimum Gasteiger partial charge on any atom is -0.384 e. The van der Waals surface area contributed by atoms with Gasteiger partial charge in [0.25, 0.3) is 5.91 Å². The molecule has 2 N–H and O–H groups in total. The average molecular weight is 260 g/mol. The number of carbonyl (C=O) groups excluding carboxylic acids is 1. The van der Waals surface area contributed by atoms with Gasteiger partial charge >= 0.3 is 0 Å². The molecule has 1 saturated heterocycles. The highest BCUT2D eigenvalue weighted by molar-refractivity contribution is 5.96. The quantitative estimate of drug-likeness (QED) is 0.854. The van der Waals surface area contributed by atoms with Crippen LogP contribution in [0.3, 0.4) is 0 Å². The first-order valence-corrected chi connectivity index (χ1v) is 6.93. The average Bonchev–Trinajstić information content (AvgIpc) is 2.86. The van der Waals surface area contributed by atoms with E-state index in [0.717, 1.165) is 43.7 Å². The number of rotatable bonds is 2. The van der Waals surface area contributed by atoms with Gasteiger partial charge in [-0.25, -0.2) is 0 Å². The molecule has 3 rings (SSSR count). The number of carbonyl (C=O) groups is 1. The lowest BCUT2D eigenvalue weighted by Crippen LogP contribution is -2.51. The summed E-state index contributed by atoms with van der Waals surface area (Å²) in [7, 11) is 0. The topological polar surface area (TPSA) is 50.4 Å². The lowest BCUT2D eigenvalue weighted by atomic mass is 9.94. The standard InChI is InChI=1S/C15H20N2O2/c1-15(6-2-8-19-10-15)17-14(18)12-4-3-11-5-7-16-13(11)9-12/h3-4,9,16H,2,5-8,10H2,1H3,(H,17,18). The Kier molecular flexibility index (Phi) is 3.19. The Morgan fingerprint density at radius 2 is 2.37 bits per heavy atom. The van der Waals surface area contributed by atoms with Gasteiger partial charge in [-0.1, -0.05) is 6.07 Å². The van der Waals surface area contributed by atoms with Crippen molar-refractivity contribution in [2.24, 2.45) is 0 Å². The van der Waals surface area contributed by atoms with Crippen LogP contribution in [0, 0.1) is 0 Å². The van der Waals surface area contributed by atoms with Gasteiger partial charge < -0.3 is 15.4 Å². The predicted molar refractivity (Wildman–Crippen MR) is 74.6 cm³/mol. The van der Waals surface area contributed by atoms with Crippen molar-refractivity contribution in [3.05, 3.63) is 29.3 Å². The molecule has 1 aromatic carbocycles. The fraction of sp³-hybridized carbons (Fsp3) is 0.533. The summed E-state index contributed by atoms with van der Waals surface area (Å²) in [4.78, 5) is 12.3. The summed E-state index contributed by atoms with van der Waals surface area (Å²) < 4.78 is 5.47. The summed E-state index contributed by atoms with van der Waals surface area (Å²) in [5.74, 6) is -0.00972. The number of anilines is 1. The molecule has 2 aliphatic rings. The second-order valence-corrected chi connectivity index (χ2v) is 5.72. The molecule has 0 spiro atoms. The normalized spacial score (nSPS) is 25.5. The van der Waals surface area contributed by atoms with E-state index in [2.05, 4.69) is 17.6 Å². The van der Waals surface area contributed by atoms with Crippen LogP contribution < -0.4 is 10.6 Å². The van der Waals surface area contributed by atoms with Crippen molar-refractivity contribution < 1.29 is 9.53 Å². The lowest BCUT2D eigenvalue weighted by Gasteiger charge is -2.34. The zero-order valence-corrected chi connectivity index (χ0v) is 11.3. The van der Waals surface area contributed by atoms with Gasteiger partial charge in [0.05, 0.1) is 12.1 Å². The maximum Gasteiger partial charge on any atom is 0.251 e. The molecule has 4 nitrogen and oxygen atoms in total. The van der Waals surface area contributed by atoms with Crippen LogP contribution in [0.1, 0.15) is 35.7 Å². The van der Waals surface area contributed by atoms with Gasteiger partial charge in [-0.05, 0) is 43.9 Å². The van der Waals surface area contributed by atoms with E-state index in [4.69, 9.17) is 4.74 Å². The molecule has 1 amide bonds. The molecule has 19 heavy (non-hydrogen) atoms. The highest BCUT2D eigenvalue weighted by Crippen LogP contribution is 2.24. The Bertz CT molecular complexity index is 493. The molecule has 0 bridgehead atoms. The summed E-state index contributed by atoms with van der Waals surface area (Å²) in [5.41, 5.74) is 2.88. The van der Waals surface area contributed by atoms with Crippen molar-refractivity contribution in [3.8, 4) is 0 Å². The minimum absolute atomic E-state index is 0.00972. The predicted octanol–water partition coefficient (Wildman–Crippen LogP) is 1.95. The summed E-state index contributed by atoms with van der Waals surface area (Å²) in [5, 5.41) is 6.41. The summed E-state index contributed by atoms with van der Waals surface area (Å²) in [6.45, 7) is 4.41. The van der Waals surface area contributed by atoms with Crippen LogP contribution in [0.15, 0.2) is 18.2 Å². The van der Waals surface area contributed by atoms with E-state index in [1.807, 2.05) is 18.2 Å². The molecule has 1 aromatic rings. The van der Waals surface area contributed by atoms with Gasteiger partial charge in [0, 0.05) is 24.4 Å². The lowest BCUT2D eigenvalue weighted by molar-refractivity contribution is 0.0272. The van der Waals surface area contributed by atoms with E-state index in [1.165, 1.54) is 5.56 Å². The molecular formula is C15H20N2O2. The van der Waals surface area contributed by atoms with Crippen LogP contribution in [0.4, 0.5) is 5.69 Å². The van der Waals surface area contributed by atoms with E-state index < -0.39 is 0 Å². The Labute approximate surface area is 113 Å². The van der Waals surface area contributed by atoms with E-state index in [9.17, 15) is 4.79 Å². The maximum absolute atomic E-state index is 12.3. The fourth-order valence-corrected chi connectivity index (χ4v) is 2.81. The van der Waals surface area contributed by atoms with E-state index in [-0.39, 0.29) is 11.4 Å². The smallest absolute Gasteiger partial charge is 0.251 e. The Balaban J connectivity index is 1.73. The van der Waals surface area contributed by atoms with Crippen molar-refractivity contribution in [3.63, 3.8) is 0 Å². The van der Waals surface area contributed by atoms with Crippen molar-refractivity contribution in [1.29, 1.82) is 0 Å². The monoisotopic (exact) mass is 260 g/mol. The third-order valence-electron chi connectivity index (χ3n) is 3.94. The molecule has 0 radical (unpaired) electrons. The first-order valence-electron chi connectivity index (χ1n) is 6.93. The molecule has 2 heterocycles. The van der Waals surface area contributed by atoms with Gasteiger partial charge in [-0.2, -0.15) is 0 Å². The number of amides is 1. The number of fused-ring (bicyclic) bond motifs is 1. The summed E-state index contributed by atoms with van der Waals surface area (Å²) >= 11 is 0. The van der Waals surface area contributed by atoms with Gasteiger partial charge in [-0.3, -0.25) is 4.79 Å². The Hall–Kier alpha value is -1.55. The van der Waals surface area contributed by atoms with Crippen molar-refractivity contribution in [2.75, 3.05) is 25.1 Å². The summed E-state index contributed by atoms with van der Waals surface area (Å²) in [6.07, 6.45) is 3.02. The number of benzene rings is 1. The van der Waals surface area contributed by atoms with Crippen molar-refractivity contribution in [1.82, 2.24) is 5.32 Å². The molecule has 2 aliphatic heterocycles. The molecule has 4 heteroatoms. The third-order valence-corrected chi connectivity index (χ3v) is 3.94. The molecule has 0 aliphatic carbocycles. The molecule has 102 valence electrons. The first kappa shape index (κ1) is 12.5. The van der Waals surface area contributed by atoms with E-state index in [0.29, 0.717) is 6.61 Å². The van der Waals surface area contributed by atoms with Crippen LogP contribution in [-0.2, 0) is 11.2 Å². The zero-order valence-electron chi connectivity index (χ0n) is 11.3. The second kappa shape index (κ2) is 4.85. The molecule has 1 fully saturated rings. The van der Waals surface area contributed by atoms with Crippen molar-refractivity contribution in [2.45, 2.75) is 31.7 Å². The van der Waals surface area contributed by atoms with Crippen LogP contribution in [-0.4, -0.2) is 31.2 Å². The van der Waals surface area contributed by atoms with Gasteiger partial charge in [0.2, 0.25) is 0 Å². The number of hydrogen-bond donors (Lipinski definition) is 2. The van der Waals surface area contributed by atoms with E-state index in [1.54, 1.807) is 0 Å². The van der Waals surface area contributed by atoms with Crippen LogP contribution >= 0.6 is 0 Å². The van der Waals surface area contributed by atoms with Gasteiger partial charge in [0.15, 0.2) is 0 Å². The Morgan fingerprint density at radius 1 is 1.47 bits per heavy atom. The SMILES string of the molecule is CC1(NC(=O)c2ccc3c(c2)NCC3)CCCOC1. The van der Waals surface area contributed by atoms with Gasteiger partial charge in [0.1, 0.15) is 0 Å². The van der Waals surface area contributed by atoms with Crippen LogP contribution in [0.5, 0.6) is 0 Å². The number of hydrogen-bond acceptors (Lipinski definition) is 3. The van der Waals surface area contributed by atoms with E-state index >= 15 is 0 Å². The molecule has 0 saturated carbocycles. The molecule has 0 aromatic heterocycles. The van der Waals surface area contributed by atoms with Crippen LogP contribution in [0.2, 0.25) is 0 Å². The Morgan fingerprint density at radius 3 is 3.16 bits per heavy atom. The minimum atomic E-state index is -0.234. The fourth-order valence-electron chi connectivity index (χ4n) is 2.81. The van der Waals surface area contributed by atoms with Crippen LogP contribution in [0.25, 0.3) is 0 Å². The highest BCUT2D eigenvalue weighted by Gasteiger charge is 2.29. The maximum atomic E-state index is 12.3. The number of ether oxygens (including phenoxy) is 1. The van der Waals surface area contributed by atoms with Gasteiger partial charge in [-0.15, -0.1) is 0 Å². The molecular weight excluding hydrogens is 240 g/mol. The second-order valence-electron chi connectivity index (χ2n) is 5.72. The third kappa shape index (κ3) is 2.59. The molecule has 1 unspecified atom stereocenters. The van der Waals surface area contributed by atoms with Crippen molar-refractivity contribution >= 4 is 11.6 Å². The zero-order chi connectivity index (χ0) is 13.3. The highest BCUT2D eigenvalue weighted by atomic mass is 16.5. The first-order chi connectivity index (χ1) is 9.16. The summed E-state index contributed by atoms with van der Waals surface area (Å²) in [6, 6.07) is 5.91. The largest absolute Gasteiger partial charge is 0.384 e. The number of nitrogens with one attached hydrogen (secondary N) is 2.